The largest absolute Gasteiger partial charge is 0.493 e. The highest BCUT2D eigenvalue weighted by atomic mass is 79.9. The first kappa shape index (κ1) is 20.7. The minimum atomic E-state index is -3.60. The summed E-state index contributed by atoms with van der Waals surface area (Å²) in [5.41, 5.74) is 0.823. The molecule has 2 aromatic rings. The molecule has 0 saturated carbocycles. The summed E-state index contributed by atoms with van der Waals surface area (Å²) in [5.74, 6) is 0.517. The second-order valence-electron chi connectivity index (χ2n) is 6.01. The molecule has 1 aliphatic heterocycles. The van der Waals surface area contributed by atoms with Gasteiger partial charge in [0.25, 0.3) is 0 Å². The van der Waals surface area contributed by atoms with Gasteiger partial charge in [0.2, 0.25) is 10.0 Å². The fourth-order valence-corrected chi connectivity index (χ4v) is 5.16. The van der Waals surface area contributed by atoms with Gasteiger partial charge in [-0.3, -0.25) is 0 Å². The minimum Gasteiger partial charge on any atom is -0.493 e. The van der Waals surface area contributed by atoms with Crippen molar-refractivity contribution >= 4 is 54.8 Å². The van der Waals surface area contributed by atoms with E-state index in [1.165, 1.54) is 4.31 Å². The van der Waals surface area contributed by atoms with Crippen LogP contribution in [0.1, 0.15) is 6.92 Å². The number of halogens is 3. The average molecular weight is 494 g/mol. The molecule has 2 aromatic carbocycles. The van der Waals surface area contributed by atoms with Crippen molar-refractivity contribution in [1.82, 2.24) is 4.31 Å². The molecule has 0 aromatic heterocycles. The number of benzene rings is 2. The van der Waals surface area contributed by atoms with Crippen molar-refractivity contribution in [3.63, 3.8) is 0 Å². The van der Waals surface area contributed by atoms with Crippen LogP contribution in [-0.2, 0) is 10.0 Å². The number of ether oxygens (including phenoxy) is 1. The van der Waals surface area contributed by atoms with Crippen LogP contribution in [0, 0.1) is 0 Å². The van der Waals surface area contributed by atoms with E-state index in [0.29, 0.717) is 48.6 Å². The van der Waals surface area contributed by atoms with E-state index in [9.17, 15) is 8.42 Å². The predicted octanol–water partition coefficient (Wildman–Crippen LogP) is 4.67. The molecule has 0 radical (unpaired) electrons. The van der Waals surface area contributed by atoms with Crippen molar-refractivity contribution in [2.45, 2.75) is 11.8 Å². The second-order valence-corrected chi connectivity index (χ2v) is 9.65. The van der Waals surface area contributed by atoms with Crippen molar-refractivity contribution < 1.29 is 13.2 Å². The number of sulfonamides is 1. The molecule has 1 aliphatic rings. The van der Waals surface area contributed by atoms with Crippen LogP contribution in [0.5, 0.6) is 5.75 Å². The third-order valence-corrected chi connectivity index (χ3v) is 7.43. The Bertz CT molecular complexity index is 932. The van der Waals surface area contributed by atoms with E-state index in [1.54, 1.807) is 36.4 Å². The zero-order chi connectivity index (χ0) is 19.6. The average Bonchev–Trinajstić information content (AvgIpc) is 2.65. The predicted molar refractivity (Wildman–Crippen MR) is 113 cm³/mol. The van der Waals surface area contributed by atoms with Crippen molar-refractivity contribution in [2.24, 2.45) is 0 Å². The molecule has 1 saturated heterocycles. The standard InChI is InChI=1S/C18H19BrCl2N2O3S/c1-2-26-18-12-14(4-5-15(18)19)27(24,25)23-9-7-22(8-10-23)17-11-13(20)3-6-16(17)21/h3-6,11-12H,2,7-10H2,1H3. The van der Waals surface area contributed by atoms with Crippen LogP contribution in [0.25, 0.3) is 0 Å². The molecule has 0 N–H and O–H groups in total. The maximum Gasteiger partial charge on any atom is 0.243 e. The highest BCUT2D eigenvalue weighted by Crippen LogP contribution is 2.32. The zero-order valence-electron chi connectivity index (χ0n) is 14.7. The van der Waals surface area contributed by atoms with Crippen molar-refractivity contribution in [2.75, 3.05) is 37.7 Å². The summed E-state index contributed by atoms with van der Waals surface area (Å²) < 4.78 is 33.7. The molecular weight excluding hydrogens is 475 g/mol. The van der Waals surface area contributed by atoms with E-state index in [0.717, 1.165) is 10.2 Å². The van der Waals surface area contributed by atoms with Gasteiger partial charge in [-0.15, -0.1) is 0 Å². The van der Waals surface area contributed by atoms with Gasteiger partial charge >= 0.3 is 0 Å². The Labute approximate surface area is 178 Å². The van der Waals surface area contributed by atoms with Crippen molar-refractivity contribution in [3.8, 4) is 5.75 Å². The molecule has 0 unspecified atom stereocenters. The van der Waals surface area contributed by atoms with Gasteiger partial charge in [-0.2, -0.15) is 4.31 Å². The molecule has 0 aliphatic carbocycles. The van der Waals surface area contributed by atoms with E-state index in [1.807, 2.05) is 11.8 Å². The minimum absolute atomic E-state index is 0.225. The van der Waals surface area contributed by atoms with Gasteiger partial charge in [0.15, 0.2) is 0 Å². The molecule has 9 heteroatoms. The molecule has 27 heavy (non-hydrogen) atoms. The van der Waals surface area contributed by atoms with E-state index in [4.69, 9.17) is 27.9 Å². The summed E-state index contributed by atoms with van der Waals surface area (Å²) in [6.45, 7) is 4.12. The fourth-order valence-electron chi connectivity index (χ4n) is 2.96. The first-order valence-electron chi connectivity index (χ1n) is 8.45. The number of piperazine rings is 1. The lowest BCUT2D eigenvalue weighted by atomic mass is 10.2. The molecule has 0 amide bonds. The Morgan fingerprint density at radius 2 is 1.78 bits per heavy atom. The van der Waals surface area contributed by atoms with Gasteiger partial charge in [0, 0.05) is 37.3 Å². The fraction of sp³-hybridized carbons (Fsp3) is 0.333. The maximum atomic E-state index is 13.0. The Balaban J connectivity index is 1.77. The van der Waals surface area contributed by atoms with E-state index < -0.39 is 10.0 Å². The first-order chi connectivity index (χ1) is 12.8. The topological polar surface area (TPSA) is 49.9 Å². The highest BCUT2D eigenvalue weighted by molar-refractivity contribution is 9.10. The third kappa shape index (κ3) is 4.54. The normalized spacial score (nSPS) is 15.8. The van der Waals surface area contributed by atoms with E-state index in [2.05, 4.69) is 15.9 Å². The molecule has 0 atom stereocenters. The summed E-state index contributed by atoms with van der Waals surface area (Å²) >= 11 is 15.7. The Hall–Kier alpha value is -0.990. The van der Waals surface area contributed by atoms with Crippen LogP contribution >= 0.6 is 39.1 Å². The maximum absolute atomic E-state index is 13.0. The van der Waals surface area contributed by atoms with Crippen LogP contribution in [0.2, 0.25) is 10.0 Å². The van der Waals surface area contributed by atoms with Gasteiger partial charge in [-0.25, -0.2) is 8.42 Å². The molecular formula is C18H19BrCl2N2O3S. The second kappa shape index (κ2) is 8.57. The summed E-state index contributed by atoms with van der Waals surface area (Å²) in [4.78, 5) is 2.27. The Morgan fingerprint density at radius 1 is 1.07 bits per heavy atom. The van der Waals surface area contributed by atoms with Gasteiger partial charge in [0.05, 0.1) is 26.7 Å². The van der Waals surface area contributed by atoms with Crippen molar-refractivity contribution in [3.05, 3.63) is 50.9 Å². The van der Waals surface area contributed by atoms with Crippen LogP contribution in [0.4, 0.5) is 5.69 Å². The van der Waals surface area contributed by atoms with Crippen LogP contribution in [-0.4, -0.2) is 45.5 Å². The SMILES string of the molecule is CCOc1cc(S(=O)(=O)N2CCN(c3cc(Cl)ccc3Cl)CC2)ccc1Br. The molecule has 0 spiro atoms. The molecule has 0 bridgehead atoms. The third-order valence-electron chi connectivity index (χ3n) is 4.33. The molecule has 1 heterocycles. The smallest absolute Gasteiger partial charge is 0.243 e. The number of nitrogens with zero attached hydrogens (tertiary/aromatic N) is 2. The molecule has 3 rings (SSSR count). The number of hydrogen-bond donors (Lipinski definition) is 0. The Morgan fingerprint density at radius 3 is 2.44 bits per heavy atom. The summed E-state index contributed by atoms with van der Waals surface area (Å²) in [6, 6.07) is 10.1. The molecule has 1 fully saturated rings. The lowest BCUT2D eigenvalue weighted by Crippen LogP contribution is -2.48. The molecule has 5 nitrogen and oxygen atoms in total. The summed E-state index contributed by atoms with van der Waals surface area (Å²) in [6.07, 6.45) is 0. The van der Waals surface area contributed by atoms with Gasteiger partial charge < -0.3 is 9.64 Å². The van der Waals surface area contributed by atoms with E-state index in [-0.39, 0.29) is 4.90 Å². The number of hydrogen-bond acceptors (Lipinski definition) is 4. The van der Waals surface area contributed by atoms with Crippen LogP contribution < -0.4 is 9.64 Å². The van der Waals surface area contributed by atoms with Gasteiger partial charge in [-0.1, -0.05) is 23.2 Å². The van der Waals surface area contributed by atoms with Crippen molar-refractivity contribution in [1.29, 1.82) is 0 Å². The van der Waals surface area contributed by atoms with Crippen LogP contribution in [0.15, 0.2) is 45.8 Å². The van der Waals surface area contributed by atoms with E-state index >= 15 is 0 Å². The van der Waals surface area contributed by atoms with Gasteiger partial charge in [0.1, 0.15) is 5.75 Å². The quantitative estimate of drug-likeness (QED) is 0.607. The highest BCUT2D eigenvalue weighted by Gasteiger charge is 2.29. The van der Waals surface area contributed by atoms with Gasteiger partial charge in [-0.05, 0) is 53.2 Å². The van der Waals surface area contributed by atoms with Crippen LogP contribution in [0.3, 0.4) is 0 Å². The molecule has 146 valence electrons. The summed E-state index contributed by atoms with van der Waals surface area (Å²) in [5, 5.41) is 1.20. The number of anilines is 1. The lowest BCUT2D eigenvalue weighted by Gasteiger charge is -2.35. The first-order valence-corrected chi connectivity index (χ1v) is 11.4. The monoisotopic (exact) mass is 492 g/mol. The summed E-state index contributed by atoms with van der Waals surface area (Å²) in [7, 11) is -3.60. The Kier molecular flexibility index (Phi) is 6.58. The zero-order valence-corrected chi connectivity index (χ0v) is 18.6. The number of rotatable bonds is 5. The lowest BCUT2D eigenvalue weighted by molar-refractivity contribution is 0.336.